The van der Waals surface area contributed by atoms with Gasteiger partial charge in [0.1, 0.15) is 0 Å². The summed E-state index contributed by atoms with van der Waals surface area (Å²) in [6.45, 7) is 8.41. The maximum absolute atomic E-state index is 11.5. The van der Waals surface area contributed by atoms with Crippen LogP contribution in [-0.4, -0.2) is 31.2 Å². The van der Waals surface area contributed by atoms with E-state index in [0.29, 0.717) is 18.9 Å². The maximum atomic E-state index is 11.5. The van der Waals surface area contributed by atoms with Crippen LogP contribution >= 0.6 is 12.4 Å². The molecule has 0 unspecified atom stereocenters. The van der Waals surface area contributed by atoms with E-state index in [1.165, 1.54) is 0 Å². The molecule has 0 saturated heterocycles. The van der Waals surface area contributed by atoms with Crippen LogP contribution in [0.15, 0.2) is 0 Å². The van der Waals surface area contributed by atoms with E-state index >= 15 is 0 Å². The number of nitrogens with one attached hydrogen (secondary N) is 1. The lowest BCUT2D eigenvalue weighted by Crippen LogP contribution is -2.47. The number of ether oxygens (including phenoxy) is 1. The van der Waals surface area contributed by atoms with E-state index < -0.39 is 6.04 Å². The molecule has 4 nitrogen and oxygen atoms in total. The van der Waals surface area contributed by atoms with Crippen molar-refractivity contribution in [3.05, 3.63) is 0 Å². The Kier molecular flexibility index (Phi) is 8.88. The number of hydrogen-bond donors (Lipinski definition) is 2. The van der Waals surface area contributed by atoms with Crippen LogP contribution in [0.4, 0.5) is 0 Å². The van der Waals surface area contributed by atoms with E-state index in [0.717, 1.165) is 0 Å². The molecule has 0 saturated carbocycles. The van der Waals surface area contributed by atoms with E-state index in [1.54, 1.807) is 7.11 Å². The Labute approximate surface area is 105 Å². The third-order valence-electron chi connectivity index (χ3n) is 2.30. The van der Waals surface area contributed by atoms with Crippen LogP contribution in [0.2, 0.25) is 0 Å². The number of carbonyl (C=O) groups is 1. The maximum Gasteiger partial charge on any atom is 0.237 e. The molecule has 0 aromatic carbocycles. The van der Waals surface area contributed by atoms with Crippen molar-refractivity contribution in [2.24, 2.45) is 11.7 Å². The summed E-state index contributed by atoms with van der Waals surface area (Å²) in [5.41, 5.74) is 5.40. The smallest absolute Gasteiger partial charge is 0.237 e. The number of carbonyl (C=O) groups excluding carboxylic acids is 1. The number of hydrogen-bond acceptors (Lipinski definition) is 3. The average Bonchev–Trinajstić information content (AvgIpc) is 2.13. The molecule has 0 bridgehead atoms. The van der Waals surface area contributed by atoms with Crippen molar-refractivity contribution in [2.75, 3.05) is 13.7 Å². The second-order valence-corrected chi connectivity index (χ2v) is 4.92. The minimum Gasteiger partial charge on any atom is -0.377 e. The number of halogens is 1. The summed E-state index contributed by atoms with van der Waals surface area (Å²) in [4.78, 5) is 11.5. The third kappa shape index (κ3) is 7.91. The summed E-state index contributed by atoms with van der Waals surface area (Å²) >= 11 is 0. The quantitative estimate of drug-likeness (QED) is 0.750. The van der Waals surface area contributed by atoms with Crippen LogP contribution in [0.3, 0.4) is 0 Å². The molecule has 0 fully saturated rings. The Morgan fingerprint density at radius 3 is 2.31 bits per heavy atom. The van der Waals surface area contributed by atoms with Gasteiger partial charge in [-0.05, 0) is 26.2 Å². The van der Waals surface area contributed by atoms with Crippen molar-refractivity contribution in [1.29, 1.82) is 0 Å². The van der Waals surface area contributed by atoms with E-state index in [2.05, 4.69) is 5.32 Å². The molecule has 3 N–H and O–H groups in total. The molecule has 0 aliphatic heterocycles. The van der Waals surface area contributed by atoms with Gasteiger partial charge >= 0.3 is 0 Å². The molecule has 5 heteroatoms. The lowest BCUT2D eigenvalue weighted by atomic mass is 10.0. The highest BCUT2D eigenvalue weighted by Crippen LogP contribution is 2.06. The highest BCUT2D eigenvalue weighted by molar-refractivity contribution is 5.85. The summed E-state index contributed by atoms with van der Waals surface area (Å²) < 4.78 is 5.19. The van der Waals surface area contributed by atoms with Gasteiger partial charge in [-0.25, -0.2) is 0 Å². The first-order chi connectivity index (χ1) is 6.78. The number of nitrogens with two attached hydrogens (primary N) is 1. The van der Waals surface area contributed by atoms with Crippen molar-refractivity contribution in [1.82, 2.24) is 5.32 Å². The Hall–Kier alpha value is -0.320. The number of rotatable bonds is 6. The summed E-state index contributed by atoms with van der Waals surface area (Å²) in [6.07, 6.45) is 0.708. The molecular formula is C11H25ClN2O2. The molecule has 0 radical (unpaired) electrons. The van der Waals surface area contributed by atoms with E-state index in [9.17, 15) is 4.79 Å². The van der Waals surface area contributed by atoms with Crippen molar-refractivity contribution in [3.63, 3.8) is 0 Å². The molecule has 0 spiro atoms. The van der Waals surface area contributed by atoms with Gasteiger partial charge in [-0.2, -0.15) is 0 Å². The first-order valence-corrected chi connectivity index (χ1v) is 5.37. The number of amides is 1. The van der Waals surface area contributed by atoms with Gasteiger partial charge in [-0.15, -0.1) is 12.4 Å². The Balaban J connectivity index is 0. The summed E-state index contributed by atoms with van der Waals surface area (Å²) in [6, 6.07) is -0.419. The predicted octanol–water partition coefficient (Wildman–Crippen LogP) is 1.32. The monoisotopic (exact) mass is 252 g/mol. The minimum absolute atomic E-state index is 0. The molecule has 0 heterocycles. The van der Waals surface area contributed by atoms with Crippen LogP contribution in [0, 0.1) is 5.92 Å². The van der Waals surface area contributed by atoms with Gasteiger partial charge in [-0.1, -0.05) is 13.8 Å². The van der Waals surface area contributed by atoms with Crippen LogP contribution in [0.1, 0.15) is 34.1 Å². The third-order valence-corrected chi connectivity index (χ3v) is 2.30. The first kappa shape index (κ1) is 18.1. The summed E-state index contributed by atoms with van der Waals surface area (Å²) in [7, 11) is 1.63. The van der Waals surface area contributed by atoms with E-state index in [-0.39, 0.29) is 23.9 Å². The fourth-order valence-electron chi connectivity index (χ4n) is 1.12. The lowest BCUT2D eigenvalue weighted by Gasteiger charge is -2.24. The van der Waals surface area contributed by atoms with Crippen molar-refractivity contribution >= 4 is 18.3 Å². The fourth-order valence-corrected chi connectivity index (χ4v) is 1.12. The van der Waals surface area contributed by atoms with Crippen LogP contribution in [0.5, 0.6) is 0 Å². The van der Waals surface area contributed by atoms with Gasteiger partial charge in [-0.3, -0.25) is 4.79 Å². The van der Waals surface area contributed by atoms with Crippen molar-refractivity contribution in [3.8, 4) is 0 Å². The zero-order valence-corrected chi connectivity index (χ0v) is 11.7. The average molecular weight is 253 g/mol. The zero-order chi connectivity index (χ0) is 12.1. The van der Waals surface area contributed by atoms with Gasteiger partial charge in [0.15, 0.2) is 0 Å². The van der Waals surface area contributed by atoms with E-state index in [1.807, 2.05) is 27.7 Å². The largest absolute Gasteiger partial charge is 0.377 e. The minimum atomic E-state index is -0.419. The van der Waals surface area contributed by atoms with Gasteiger partial charge in [0.05, 0.1) is 11.6 Å². The lowest BCUT2D eigenvalue weighted by molar-refractivity contribution is -0.124. The molecule has 0 aromatic heterocycles. The van der Waals surface area contributed by atoms with E-state index in [4.69, 9.17) is 10.5 Å². The van der Waals surface area contributed by atoms with Crippen molar-refractivity contribution in [2.45, 2.75) is 45.8 Å². The Bertz CT molecular complexity index is 208. The molecular weight excluding hydrogens is 228 g/mol. The topological polar surface area (TPSA) is 64.3 Å². The summed E-state index contributed by atoms with van der Waals surface area (Å²) in [5.74, 6) is 0.329. The molecule has 1 atom stereocenters. The highest BCUT2D eigenvalue weighted by Gasteiger charge is 2.20. The Morgan fingerprint density at radius 2 is 1.94 bits per heavy atom. The molecule has 0 rings (SSSR count). The molecule has 0 aliphatic carbocycles. The second kappa shape index (κ2) is 7.87. The predicted molar refractivity (Wildman–Crippen MR) is 68.8 cm³/mol. The molecule has 16 heavy (non-hydrogen) atoms. The molecule has 0 aliphatic rings. The normalized spacial score (nSPS) is 13.2. The molecule has 1 amide bonds. The zero-order valence-electron chi connectivity index (χ0n) is 10.9. The van der Waals surface area contributed by atoms with Gasteiger partial charge < -0.3 is 15.8 Å². The van der Waals surface area contributed by atoms with Crippen LogP contribution in [-0.2, 0) is 9.53 Å². The van der Waals surface area contributed by atoms with Gasteiger partial charge in [0.2, 0.25) is 5.91 Å². The van der Waals surface area contributed by atoms with Gasteiger partial charge in [0.25, 0.3) is 0 Å². The SMILES string of the molecule is COC(C)(C)CNC(=O)[C@@H](N)CC(C)C.Cl. The summed E-state index contributed by atoms with van der Waals surface area (Å²) in [5, 5.41) is 2.79. The van der Waals surface area contributed by atoms with Gasteiger partial charge in [0, 0.05) is 13.7 Å². The number of methoxy groups -OCH3 is 1. The second-order valence-electron chi connectivity index (χ2n) is 4.92. The highest BCUT2D eigenvalue weighted by atomic mass is 35.5. The molecule has 98 valence electrons. The first-order valence-electron chi connectivity index (χ1n) is 5.37. The Morgan fingerprint density at radius 1 is 1.44 bits per heavy atom. The molecule has 0 aromatic rings. The fraction of sp³-hybridized carbons (Fsp3) is 0.909. The van der Waals surface area contributed by atoms with Crippen LogP contribution < -0.4 is 11.1 Å². The van der Waals surface area contributed by atoms with Crippen molar-refractivity contribution < 1.29 is 9.53 Å². The van der Waals surface area contributed by atoms with Crippen LogP contribution in [0.25, 0.3) is 0 Å². The standard InChI is InChI=1S/C11H24N2O2.ClH/c1-8(2)6-9(12)10(14)13-7-11(3,4)15-5;/h8-9H,6-7,12H2,1-5H3,(H,13,14);1H/t9-;/m0./s1.